The van der Waals surface area contributed by atoms with Crippen LogP contribution < -0.4 is 10.1 Å². The lowest BCUT2D eigenvalue weighted by Crippen LogP contribution is -2.23. The van der Waals surface area contributed by atoms with Gasteiger partial charge in [-0.15, -0.1) is 13.2 Å². The monoisotopic (exact) mass is 334 g/mol. The molecule has 2 N–H and O–H groups in total. The van der Waals surface area contributed by atoms with Crippen LogP contribution in [0.4, 0.5) is 13.2 Å². The molecule has 0 unspecified atom stereocenters. The van der Waals surface area contributed by atoms with E-state index in [-0.39, 0.29) is 18.2 Å². The highest BCUT2D eigenvalue weighted by Crippen LogP contribution is 2.22. The van der Waals surface area contributed by atoms with Gasteiger partial charge in [0, 0.05) is 17.4 Å². The van der Waals surface area contributed by atoms with Crippen molar-refractivity contribution < 1.29 is 22.7 Å². The molecule has 0 atom stereocenters. The van der Waals surface area contributed by atoms with Gasteiger partial charge in [0.15, 0.2) is 0 Å². The average molecular weight is 334 g/mol. The average Bonchev–Trinajstić information content (AvgIpc) is 2.96. The van der Waals surface area contributed by atoms with Crippen LogP contribution in [0.15, 0.2) is 54.6 Å². The number of H-pyrrole nitrogens is 1. The van der Waals surface area contributed by atoms with Crippen molar-refractivity contribution in [2.75, 3.05) is 0 Å². The summed E-state index contributed by atoms with van der Waals surface area (Å²) in [6.07, 6.45) is -4.72. The summed E-state index contributed by atoms with van der Waals surface area (Å²) in [4.78, 5) is 15.1. The van der Waals surface area contributed by atoms with E-state index in [0.717, 1.165) is 10.9 Å². The highest BCUT2D eigenvalue weighted by molar-refractivity contribution is 5.97. The number of halogens is 3. The van der Waals surface area contributed by atoms with Crippen molar-refractivity contribution >= 4 is 16.8 Å². The molecular formula is C17H13F3N2O2. The van der Waals surface area contributed by atoms with E-state index in [1.165, 1.54) is 24.3 Å². The molecule has 124 valence electrons. The van der Waals surface area contributed by atoms with Crippen molar-refractivity contribution in [2.24, 2.45) is 0 Å². The zero-order chi connectivity index (χ0) is 17.2. The number of hydrogen-bond acceptors (Lipinski definition) is 2. The first kappa shape index (κ1) is 15.9. The van der Waals surface area contributed by atoms with Crippen molar-refractivity contribution in [3.8, 4) is 5.75 Å². The summed E-state index contributed by atoms with van der Waals surface area (Å²) in [6, 6.07) is 14.6. The van der Waals surface area contributed by atoms with Crippen molar-refractivity contribution in [1.29, 1.82) is 0 Å². The Morgan fingerprint density at radius 1 is 1.08 bits per heavy atom. The molecule has 4 nitrogen and oxygen atoms in total. The van der Waals surface area contributed by atoms with Crippen LogP contribution in [-0.4, -0.2) is 17.3 Å². The van der Waals surface area contributed by atoms with Crippen LogP contribution in [0.2, 0.25) is 0 Å². The number of hydrogen-bond donors (Lipinski definition) is 2. The molecule has 1 heterocycles. The van der Waals surface area contributed by atoms with Crippen molar-refractivity contribution in [3.63, 3.8) is 0 Å². The van der Waals surface area contributed by atoms with Gasteiger partial charge in [0.2, 0.25) is 0 Å². The number of aromatic nitrogens is 1. The van der Waals surface area contributed by atoms with Crippen LogP contribution in [0.3, 0.4) is 0 Å². The first-order chi connectivity index (χ1) is 11.4. The summed E-state index contributed by atoms with van der Waals surface area (Å²) in [6.45, 7) is 0.195. The Kier molecular flexibility index (Phi) is 4.16. The fraction of sp³-hybridized carbons (Fsp3) is 0.118. The van der Waals surface area contributed by atoms with Crippen LogP contribution in [0.25, 0.3) is 10.9 Å². The second kappa shape index (κ2) is 6.27. The minimum Gasteiger partial charge on any atom is -0.406 e. The van der Waals surface area contributed by atoms with E-state index in [4.69, 9.17) is 0 Å². The smallest absolute Gasteiger partial charge is 0.406 e. The summed E-state index contributed by atoms with van der Waals surface area (Å²) in [5.74, 6) is -0.588. The van der Waals surface area contributed by atoms with Crippen LogP contribution in [0, 0.1) is 0 Å². The molecule has 2 aromatic carbocycles. The van der Waals surface area contributed by atoms with Gasteiger partial charge in [-0.1, -0.05) is 30.3 Å². The lowest BCUT2D eigenvalue weighted by Gasteiger charge is -2.09. The standard InChI is InChI=1S/C17H13F3N2O2/c18-17(19,20)24-13-7-5-11(6-8-13)10-21-16(23)15-9-12-3-1-2-4-14(12)22-15/h1-9,22H,10H2,(H,21,23). The molecule has 3 rings (SSSR count). The number of fused-ring (bicyclic) bond motifs is 1. The minimum atomic E-state index is -4.72. The molecule has 24 heavy (non-hydrogen) atoms. The Morgan fingerprint density at radius 2 is 1.79 bits per heavy atom. The number of benzene rings is 2. The number of ether oxygens (including phenoxy) is 1. The number of alkyl halides is 3. The highest BCUT2D eigenvalue weighted by Gasteiger charge is 2.30. The van der Waals surface area contributed by atoms with E-state index < -0.39 is 6.36 Å². The molecule has 0 saturated carbocycles. The molecule has 1 amide bonds. The molecule has 7 heteroatoms. The third kappa shape index (κ3) is 3.87. The van der Waals surface area contributed by atoms with Gasteiger partial charge >= 0.3 is 6.36 Å². The summed E-state index contributed by atoms with van der Waals surface area (Å²) in [7, 11) is 0. The number of para-hydroxylation sites is 1. The number of carbonyl (C=O) groups is 1. The SMILES string of the molecule is O=C(NCc1ccc(OC(F)(F)F)cc1)c1cc2ccccc2[nH]1. The van der Waals surface area contributed by atoms with Gasteiger partial charge in [-0.25, -0.2) is 0 Å². The number of rotatable bonds is 4. The number of carbonyl (C=O) groups excluding carboxylic acids is 1. The second-order valence-electron chi connectivity index (χ2n) is 5.14. The van der Waals surface area contributed by atoms with E-state index in [1.807, 2.05) is 24.3 Å². The second-order valence-corrected chi connectivity index (χ2v) is 5.14. The molecule has 0 aliphatic rings. The van der Waals surface area contributed by atoms with Gasteiger partial charge in [-0.2, -0.15) is 0 Å². The molecule has 1 aromatic heterocycles. The summed E-state index contributed by atoms with van der Waals surface area (Å²) in [5.41, 5.74) is 1.94. The fourth-order valence-corrected chi connectivity index (χ4v) is 2.28. The van der Waals surface area contributed by atoms with Crippen molar-refractivity contribution in [1.82, 2.24) is 10.3 Å². The van der Waals surface area contributed by atoms with E-state index in [0.29, 0.717) is 11.3 Å². The molecule has 0 spiro atoms. The van der Waals surface area contributed by atoms with Crippen LogP contribution >= 0.6 is 0 Å². The Morgan fingerprint density at radius 3 is 2.46 bits per heavy atom. The molecule has 0 radical (unpaired) electrons. The van der Waals surface area contributed by atoms with Gasteiger partial charge in [0.1, 0.15) is 11.4 Å². The Hall–Kier alpha value is -2.96. The summed E-state index contributed by atoms with van der Waals surface area (Å²) < 4.78 is 40.1. The predicted octanol–water partition coefficient (Wildman–Crippen LogP) is 4.00. The maximum Gasteiger partial charge on any atom is 0.573 e. The molecule has 0 fully saturated rings. The fourth-order valence-electron chi connectivity index (χ4n) is 2.28. The zero-order valence-corrected chi connectivity index (χ0v) is 12.4. The van der Waals surface area contributed by atoms with Gasteiger partial charge in [-0.05, 0) is 29.8 Å². The maximum absolute atomic E-state index is 12.1. The lowest BCUT2D eigenvalue weighted by molar-refractivity contribution is -0.274. The Balaban J connectivity index is 1.61. The van der Waals surface area contributed by atoms with Crippen molar-refractivity contribution in [3.05, 3.63) is 65.9 Å². The highest BCUT2D eigenvalue weighted by atomic mass is 19.4. The largest absolute Gasteiger partial charge is 0.573 e. The van der Waals surface area contributed by atoms with Gasteiger partial charge in [-0.3, -0.25) is 4.79 Å². The number of nitrogens with one attached hydrogen (secondary N) is 2. The lowest BCUT2D eigenvalue weighted by atomic mass is 10.2. The van der Waals surface area contributed by atoms with E-state index >= 15 is 0 Å². The van der Waals surface area contributed by atoms with Crippen molar-refractivity contribution in [2.45, 2.75) is 12.9 Å². The Bertz CT molecular complexity index is 821. The van der Waals surface area contributed by atoms with Gasteiger partial charge in [0.25, 0.3) is 5.91 Å². The zero-order valence-electron chi connectivity index (χ0n) is 12.4. The Labute approximate surface area is 135 Å². The third-order valence-corrected chi connectivity index (χ3v) is 3.38. The molecule has 0 aliphatic heterocycles. The maximum atomic E-state index is 12.1. The van der Waals surface area contributed by atoms with E-state index in [2.05, 4.69) is 15.0 Å². The third-order valence-electron chi connectivity index (χ3n) is 3.38. The van der Waals surface area contributed by atoms with Crippen LogP contribution in [0.1, 0.15) is 16.1 Å². The van der Waals surface area contributed by atoms with Gasteiger partial charge in [0.05, 0.1) is 0 Å². The van der Waals surface area contributed by atoms with E-state index in [9.17, 15) is 18.0 Å². The topological polar surface area (TPSA) is 54.1 Å². The molecule has 0 saturated heterocycles. The van der Waals surface area contributed by atoms with E-state index in [1.54, 1.807) is 6.07 Å². The molecule has 0 bridgehead atoms. The molecule has 3 aromatic rings. The molecule has 0 aliphatic carbocycles. The minimum absolute atomic E-state index is 0.195. The number of aromatic amines is 1. The number of amides is 1. The van der Waals surface area contributed by atoms with Gasteiger partial charge < -0.3 is 15.0 Å². The normalized spacial score (nSPS) is 11.5. The summed E-state index contributed by atoms with van der Waals surface area (Å²) >= 11 is 0. The summed E-state index contributed by atoms with van der Waals surface area (Å²) in [5, 5.41) is 3.64. The van der Waals surface area contributed by atoms with Crippen LogP contribution in [-0.2, 0) is 6.54 Å². The molecular weight excluding hydrogens is 321 g/mol. The first-order valence-electron chi connectivity index (χ1n) is 7.11. The first-order valence-corrected chi connectivity index (χ1v) is 7.11. The van der Waals surface area contributed by atoms with Crippen LogP contribution in [0.5, 0.6) is 5.75 Å². The quantitative estimate of drug-likeness (QED) is 0.758. The predicted molar refractivity (Wildman–Crippen MR) is 82.6 cm³/mol.